The Kier molecular flexibility index (Phi) is 6.49. The fourth-order valence-corrected chi connectivity index (χ4v) is 2.68. The standard InChI is InChI=1S/C18H22N2O3S/c1-13(24(3)22)9-11-20-18(21)14-7-8-17(23-2)15(12-14)16-6-4-5-10-19-16/h4-8,10,12-13H,9,11H2,1-3H3,(H,20,21)/t13-,24-/m0/s1. The summed E-state index contributed by atoms with van der Waals surface area (Å²) in [6, 6.07) is 10.9. The number of hydrogen-bond donors (Lipinski definition) is 1. The van der Waals surface area contributed by atoms with Crippen LogP contribution in [0, 0.1) is 0 Å². The second kappa shape index (κ2) is 8.59. The van der Waals surface area contributed by atoms with Gasteiger partial charge in [-0.2, -0.15) is 0 Å². The van der Waals surface area contributed by atoms with Gasteiger partial charge in [-0.1, -0.05) is 13.0 Å². The van der Waals surface area contributed by atoms with E-state index in [2.05, 4.69) is 10.3 Å². The molecule has 0 aliphatic carbocycles. The number of nitrogens with one attached hydrogen (secondary N) is 1. The summed E-state index contributed by atoms with van der Waals surface area (Å²) in [6.07, 6.45) is 4.06. The van der Waals surface area contributed by atoms with Gasteiger partial charge in [0.1, 0.15) is 5.75 Å². The van der Waals surface area contributed by atoms with E-state index in [0.717, 1.165) is 11.3 Å². The lowest BCUT2D eigenvalue weighted by atomic mass is 10.1. The molecule has 0 radical (unpaired) electrons. The van der Waals surface area contributed by atoms with E-state index in [1.54, 1.807) is 37.8 Å². The van der Waals surface area contributed by atoms with Crippen LogP contribution >= 0.6 is 0 Å². The van der Waals surface area contributed by atoms with E-state index in [9.17, 15) is 9.00 Å². The molecule has 1 N–H and O–H groups in total. The second-order valence-corrected chi connectivity index (χ2v) is 7.29. The monoisotopic (exact) mass is 346 g/mol. The molecular weight excluding hydrogens is 324 g/mol. The molecule has 6 heteroatoms. The molecule has 0 fully saturated rings. The summed E-state index contributed by atoms with van der Waals surface area (Å²) in [5.41, 5.74) is 2.06. The summed E-state index contributed by atoms with van der Waals surface area (Å²) >= 11 is 0. The number of methoxy groups -OCH3 is 1. The van der Waals surface area contributed by atoms with E-state index >= 15 is 0 Å². The third-order valence-electron chi connectivity index (χ3n) is 3.81. The SMILES string of the molecule is COc1ccc(C(=O)NCC[C@H](C)[S@](C)=O)cc1-c1ccccn1. The minimum Gasteiger partial charge on any atom is -0.496 e. The lowest BCUT2D eigenvalue weighted by Crippen LogP contribution is -2.27. The number of nitrogens with zero attached hydrogens (tertiary/aromatic N) is 1. The van der Waals surface area contributed by atoms with Gasteiger partial charge < -0.3 is 10.1 Å². The zero-order chi connectivity index (χ0) is 17.5. The zero-order valence-electron chi connectivity index (χ0n) is 14.1. The summed E-state index contributed by atoms with van der Waals surface area (Å²) in [4.78, 5) is 16.6. The lowest BCUT2D eigenvalue weighted by Gasteiger charge is -2.12. The number of pyridine rings is 1. The Hall–Kier alpha value is -2.21. The Labute approximate surface area is 144 Å². The maximum absolute atomic E-state index is 12.3. The third kappa shape index (κ3) is 4.64. The molecule has 1 amide bonds. The van der Waals surface area contributed by atoms with Gasteiger partial charge in [-0.25, -0.2) is 0 Å². The average molecular weight is 346 g/mol. The van der Waals surface area contributed by atoms with Crippen molar-refractivity contribution in [1.29, 1.82) is 0 Å². The maximum atomic E-state index is 12.3. The zero-order valence-corrected chi connectivity index (χ0v) is 14.9. The Morgan fingerprint density at radius 3 is 2.75 bits per heavy atom. The molecule has 0 aliphatic rings. The molecule has 2 atom stereocenters. The molecule has 24 heavy (non-hydrogen) atoms. The Balaban J connectivity index is 2.13. The highest BCUT2D eigenvalue weighted by atomic mass is 32.2. The minimum atomic E-state index is -0.879. The number of benzene rings is 1. The molecule has 1 heterocycles. The normalized spacial score (nSPS) is 13.1. The summed E-state index contributed by atoms with van der Waals surface area (Å²) in [6.45, 7) is 2.40. The van der Waals surface area contributed by atoms with E-state index in [1.807, 2.05) is 25.1 Å². The molecular formula is C18H22N2O3S. The number of aromatic nitrogens is 1. The van der Waals surface area contributed by atoms with E-state index in [4.69, 9.17) is 4.74 Å². The molecule has 5 nitrogen and oxygen atoms in total. The largest absolute Gasteiger partial charge is 0.496 e. The number of carbonyl (C=O) groups excluding carboxylic acids is 1. The topological polar surface area (TPSA) is 68.3 Å². The summed E-state index contributed by atoms with van der Waals surface area (Å²) in [5.74, 6) is 0.504. The molecule has 2 aromatic rings. The van der Waals surface area contributed by atoms with Gasteiger partial charge >= 0.3 is 0 Å². The van der Waals surface area contributed by atoms with Crippen LogP contribution in [0.3, 0.4) is 0 Å². The number of amides is 1. The van der Waals surface area contributed by atoms with E-state index < -0.39 is 10.8 Å². The van der Waals surface area contributed by atoms with Crippen LogP contribution in [-0.2, 0) is 10.8 Å². The van der Waals surface area contributed by atoms with Crippen LogP contribution < -0.4 is 10.1 Å². The van der Waals surface area contributed by atoms with Crippen LogP contribution in [0.4, 0.5) is 0 Å². The molecule has 0 bridgehead atoms. The lowest BCUT2D eigenvalue weighted by molar-refractivity contribution is 0.0953. The van der Waals surface area contributed by atoms with Crippen molar-refractivity contribution < 1.29 is 13.7 Å². The summed E-state index contributed by atoms with van der Waals surface area (Å²) < 4.78 is 16.7. The Morgan fingerprint density at radius 1 is 1.33 bits per heavy atom. The molecule has 1 aromatic carbocycles. The van der Waals surface area contributed by atoms with Gasteiger partial charge in [-0.3, -0.25) is 14.0 Å². The van der Waals surface area contributed by atoms with Crippen molar-refractivity contribution in [1.82, 2.24) is 10.3 Å². The fourth-order valence-electron chi connectivity index (χ4n) is 2.23. The van der Waals surface area contributed by atoms with Gasteiger partial charge in [0, 0.05) is 46.2 Å². The fraction of sp³-hybridized carbons (Fsp3) is 0.333. The molecule has 0 unspecified atom stereocenters. The van der Waals surface area contributed by atoms with Gasteiger partial charge in [0.05, 0.1) is 12.8 Å². The molecule has 0 spiro atoms. The first-order chi connectivity index (χ1) is 11.5. The molecule has 128 valence electrons. The van der Waals surface area contributed by atoms with Gasteiger partial charge in [0.25, 0.3) is 5.91 Å². The van der Waals surface area contributed by atoms with Crippen molar-refractivity contribution in [2.24, 2.45) is 0 Å². The van der Waals surface area contributed by atoms with Gasteiger partial charge in [-0.05, 0) is 36.8 Å². The number of rotatable bonds is 7. The van der Waals surface area contributed by atoms with E-state index in [1.165, 1.54) is 0 Å². The van der Waals surface area contributed by atoms with Crippen LogP contribution in [-0.4, -0.2) is 40.3 Å². The molecule has 1 aromatic heterocycles. The highest BCUT2D eigenvalue weighted by molar-refractivity contribution is 7.84. The molecule has 0 saturated carbocycles. The average Bonchev–Trinajstić information content (AvgIpc) is 2.61. The highest BCUT2D eigenvalue weighted by Crippen LogP contribution is 2.29. The molecule has 0 aliphatic heterocycles. The van der Waals surface area contributed by atoms with Crippen molar-refractivity contribution in [3.8, 4) is 17.0 Å². The first-order valence-corrected chi connectivity index (χ1v) is 9.35. The van der Waals surface area contributed by atoms with Gasteiger partial charge in [-0.15, -0.1) is 0 Å². The number of ether oxygens (including phenoxy) is 1. The Morgan fingerprint density at radius 2 is 2.12 bits per heavy atom. The van der Waals surface area contributed by atoms with Crippen LogP contribution in [0.2, 0.25) is 0 Å². The minimum absolute atomic E-state index is 0.0604. The van der Waals surface area contributed by atoms with Gasteiger partial charge in [0.15, 0.2) is 0 Å². The molecule has 0 saturated heterocycles. The Bertz CT molecular complexity index is 719. The smallest absolute Gasteiger partial charge is 0.251 e. The predicted molar refractivity (Wildman–Crippen MR) is 96.7 cm³/mol. The van der Waals surface area contributed by atoms with Crippen LogP contribution in [0.5, 0.6) is 5.75 Å². The van der Waals surface area contributed by atoms with Crippen molar-refractivity contribution in [2.45, 2.75) is 18.6 Å². The van der Waals surface area contributed by atoms with E-state index in [0.29, 0.717) is 24.3 Å². The van der Waals surface area contributed by atoms with Crippen LogP contribution in [0.25, 0.3) is 11.3 Å². The third-order valence-corrected chi connectivity index (χ3v) is 5.17. The van der Waals surface area contributed by atoms with Gasteiger partial charge in [0.2, 0.25) is 0 Å². The quantitative estimate of drug-likeness (QED) is 0.837. The van der Waals surface area contributed by atoms with E-state index in [-0.39, 0.29) is 11.2 Å². The van der Waals surface area contributed by atoms with Crippen molar-refractivity contribution in [3.63, 3.8) is 0 Å². The number of hydrogen-bond acceptors (Lipinski definition) is 4. The highest BCUT2D eigenvalue weighted by Gasteiger charge is 2.13. The van der Waals surface area contributed by atoms with Crippen molar-refractivity contribution >= 4 is 16.7 Å². The number of carbonyl (C=O) groups is 1. The van der Waals surface area contributed by atoms with Crippen molar-refractivity contribution in [3.05, 3.63) is 48.2 Å². The van der Waals surface area contributed by atoms with Crippen LogP contribution in [0.15, 0.2) is 42.6 Å². The predicted octanol–water partition coefficient (Wildman–Crippen LogP) is 2.64. The van der Waals surface area contributed by atoms with Crippen molar-refractivity contribution in [2.75, 3.05) is 19.9 Å². The second-order valence-electron chi connectivity index (χ2n) is 5.48. The summed E-state index contributed by atoms with van der Waals surface area (Å²) in [5, 5.41) is 2.93. The maximum Gasteiger partial charge on any atom is 0.251 e. The van der Waals surface area contributed by atoms with Crippen LogP contribution in [0.1, 0.15) is 23.7 Å². The molecule has 2 rings (SSSR count). The first-order valence-electron chi connectivity index (χ1n) is 7.72. The first kappa shape index (κ1) is 18.1. The summed E-state index contributed by atoms with van der Waals surface area (Å²) in [7, 11) is 0.712.